The van der Waals surface area contributed by atoms with Gasteiger partial charge in [0.15, 0.2) is 5.75 Å². The van der Waals surface area contributed by atoms with Crippen molar-refractivity contribution in [3.63, 3.8) is 0 Å². The summed E-state index contributed by atoms with van der Waals surface area (Å²) in [6.07, 6.45) is -8.24. The van der Waals surface area contributed by atoms with Gasteiger partial charge in [-0.2, -0.15) is 18.2 Å². The van der Waals surface area contributed by atoms with Crippen LogP contribution in [0.4, 0.5) is 60.9 Å². The van der Waals surface area contributed by atoms with Crippen LogP contribution in [0.3, 0.4) is 0 Å². The van der Waals surface area contributed by atoms with Crippen LogP contribution in [0.15, 0.2) is 55.3 Å². The first-order valence-corrected chi connectivity index (χ1v) is 12.1. The highest BCUT2D eigenvalue weighted by molar-refractivity contribution is 6.02. The second kappa shape index (κ2) is 12.9. The van der Waals surface area contributed by atoms with E-state index < -0.39 is 47.3 Å². The van der Waals surface area contributed by atoms with Gasteiger partial charge in [-0.1, -0.05) is 18.7 Å². The molecule has 42 heavy (non-hydrogen) atoms. The Labute approximate surface area is 236 Å². The minimum atomic E-state index is -4.94. The Morgan fingerprint density at radius 1 is 1.05 bits per heavy atom. The van der Waals surface area contributed by atoms with E-state index in [1.807, 2.05) is 19.0 Å². The zero-order valence-electron chi connectivity index (χ0n) is 22.6. The van der Waals surface area contributed by atoms with Crippen LogP contribution in [0.1, 0.15) is 5.56 Å². The second-order valence-electron chi connectivity index (χ2n) is 9.06. The van der Waals surface area contributed by atoms with Crippen molar-refractivity contribution >= 4 is 40.4 Å². The summed E-state index contributed by atoms with van der Waals surface area (Å²) in [6, 6.07) is 7.12. The number of hydrogen-bond acceptors (Lipinski definition) is 9. The molecule has 3 aromatic rings. The van der Waals surface area contributed by atoms with Gasteiger partial charge in [0.25, 0.3) is 0 Å². The van der Waals surface area contributed by atoms with Gasteiger partial charge in [0.05, 0.1) is 22.7 Å². The molecular weight excluding hydrogens is 572 g/mol. The number of anilines is 6. The lowest BCUT2D eigenvalue weighted by atomic mass is 10.2. The van der Waals surface area contributed by atoms with Crippen LogP contribution in [0, 0.1) is 5.82 Å². The van der Waals surface area contributed by atoms with Crippen LogP contribution in [0.2, 0.25) is 0 Å². The number of nitrogens with one attached hydrogen (secondary N) is 3. The van der Waals surface area contributed by atoms with E-state index in [9.17, 15) is 31.1 Å². The van der Waals surface area contributed by atoms with Gasteiger partial charge < -0.3 is 35.6 Å². The predicted molar refractivity (Wildman–Crippen MR) is 145 cm³/mol. The minimum Gasteiger partial charge on any atom is -0.407 e. The molecule has 0 saturated carbocycles. The maximum Gasteiger partial charge on any atom is 0.532 e. The summed E-state index contributed by atoms with van der Waals surface area (Å²) in [7, 11) is 5.22. The highest BCUT2D eigenvalue weighted by Gasteiger charge is 2.36. The normalized spacial score (nSPS) is 11.7. The summed E-state index contributed by atoms with van der Waals surface area (Å²) in [5.41, 5.74) is -1.78. The number of amides is 1. The lowest BCUT2D eigenvalue weighted by Crippen LogP contribution is -2.29. The lowest BCUT2D eigenvalue weighted by Gasteiger charge is -2.26. The standard InChI is InChI=1S/C26H27F6N7O3/c1-5-22(40)34-18-12-19(21(42-26(31,32)41)13-20(18)39(4)11-10-38(2)3)36-24-33-14-15(25(28,29)30)23(37-24)35-17-9-7-6-8-16(17)27/h5-9,12-14,41H,1,10-11H2,2-4H3,(H,34,40)(H2,33,35,36,37). The van der Waals surface area contributed by atoms with Crippen molar-refractivity contribution in [2.45, 2.75) is 12.5 Å². The van der Waals surface area contributed by atoms with E-state index in [1.165, 1.54) is 18.2 Å². The SMILES string of the molecule is C=CC(=O)Nc1cc(Nc2ncc(C(F)(F)F)c(Nc3ccccc3F)n2)c(OC(O)(F)F)cc1N(C)CCN(C)C. The summed E-state index contributed by atoms with van der Waals surface area (Å²) in [6.45, 7) is 4.26. The van der Waals surface area contributed by atoms with Crippen LogP contribution >= 0.6 is 0 Å². The van der Waals surface area contributed by atoms with Crippen molar-refractivity contribution in [3.8, 4) is 5.75 Å². The molecule has 3 rings (SSSR count). The van der Waals surface area contributed by atoms with Gasteiger partial charge in [0.2, 0.25) is 11.9 Å². The average molecular weight is 600 g/mol. The molecule has 1 heterocycles. The third-order valence-electron chi connectivity index (χ3n) is 5.54. The van der Waals surface area contributed by atoms with Crippen LogP contribution in [-0.4, -0.2) is 66.4 Å². The van der Waals surface area contributed by atoms with E-state index in [2.05, 4.69) is 37.2 Å². The fourth-order valence-corrected chi connectivity index (χ4v) is 3.51. The molecule has 0 aliphatic rings. The molecule has 0 unspecified atom stereocenters. The number of carbonyl (C=O) groups excluding carboxylic acids is 1. The molecule has 1 amide bonds. The molecule has 0 spiro atoms. The van der Waals surface area contributed by atoms with Gasteiger partial charge in [-0.25, -0.2) is 9.37 Å². The van der Waals surface area contributed by atoms with E-state index in [0.29, 0.717) is 19.3 Å². The number of halogens is 6. The van der Waals surface area contributed by atoms with Gasteiger partial charge in [-0.3, -0.25) is 4.79 Å². The fraction of sp³-hybridized carbons (Fsp3) is 0.269. The number of aliphatic hydroxyl groups is 1. The zero-order valence-corrected chi connectivity index (χ0v) is 22.6. The zero-order chi connectivity index (χ0) is 31.2. The summed E-state index contributed by atoms with van der Waals surface area (Å²) in [4.78, 5) is 23.0. The predicted octanol–water partition coefficient (Wildman–Crippen LogP) is 5.17. The van der Waals surface area contributed by atoms with E-state index in [0.717, 1.165) is 24.3 Å². The molecule has 0 aliphatic carbocycles. The summed E-state index contributed by atoms with van der Waals surface area (Å²) in [5, 5.41) is 16.3. The molecule has 0 aliphatic heterocycles. The Bertz CT molecular complexity index is 1430. The molecule has 2 aromatic carbocycles. The fourth-order valence-electron chi connectivity index (χ4n) is 3.51. The summed E-state index contributed by atoms with van der Waals surface area (Å²) >= 11 is 0. The molecule has 10 nitrogen and oxygen atoms in total. The van der Waals surface area contributed by atoms with Crippen molar-refractivity contribution in [1.82, 2.24) is 14.9 Å². The molecule has 226 valence electrons. The highest BCUT2D eigenvalue weighted by atomic mass is 19.4. The highest BCUT2D eigenvalue weighted by Crippen LogP contribution is 2.41. The van der Waals surface area contributed by atoms with Crippen molar-refractivity contribution in [3.05, 3.63) is 66.6 Å². The van der Waals surface area contributed by atoms with E-state index >= 15 is 0 Å². The summed E-state index contributed by atoms with van der Waals surface area (Å²) in [5.74, 6) is -3.59. The second-order valence-corrected chi connectivity index (χ2v) is 9.06. The molecule has 0 saturated heterocycles. The minimum absolute atomic E-state index is 0.0638. The first-order valence-electron chi connectivity index (χ1n) is 12.1. The molecule has 0 atom stereocenters. The van der Waals surface area contributed by atoms with Gasteiger partial charge in [-0.05, 0) is 38.4 Å². The topological polar surface area (TPSA) is 115 Å². The van der Waals surface area contributed by atoms with Crippen molar-refractivity contribution < 1.29 is 41.0 Å². The molecule has 0 bridgehead atoms. The third kappa shape index (κ3) is 8.71. The number of hydrogen-bond donors (Lipinski definition) is 4. The van der Waals surface area contributed by atoms with Crippen LogP contribution < -0.4 is 25.6 Å². The van der Waals surface area contributed by atoms with Crippen LogP contribution in [0.5, 0.6) is 5.75 Å². The number of benzene rings is 2. The number of likely N-dealkylation sites (N-methyl/N-ethyl adjacent to an activating group) is 2. The molecule has 4 N–H and O–H groups in total. The van der Waals surface area contributed by atoms with E-state index in [-0.39, 0.29) is 22.7 Å². The molecule has 1 aromatic heterocycles. The quantitative estimate of drug-likeness (QED) is 0.127. The van der Waals surface area contributed by atoms with Gasteiger partial charge in [0.1, 0.15) is 17.2 Å². The Kier molecular flexibility index (Phi) is 9.85. The first kappa shape index (κ1) is 32.0. The molecule has 16 heteroatoms. The smallest absolute Gasteiger partial charge is 0.407 e. The maximum absolute atomic E-state index is 14.2. The Hall–Kier alpha value is -4.57. The van der Waals surface area contributed by atoms with Crippen molar-refractivity contribution in [2.24, 2.45) is 0 Å². The Morgan fingerprint density at radius 3 is 2.33 bits per heavy atom. The van der Waals surface area contributed by atoms with Crippen molar-refractivity contribution in [1.29, 1.82) is 0 Å². The lowest BCUT2D eigenvalue weighted by molar-refractivity contribution is -0.327. The number of carbonyl (C=O) groups is 1. The third-order valence-corrected chi connectivity index (χ3v) is 5.54. The van der Waals surface area contributed by atoms with Crippen molar-refractivity contribution in [2.75, 3.05) is 55.1 Å². The van der Waals surface area contributed by atoms with Gasteiger partial charge in [-0.15, -0.1) is 8.78 Å². The maximum atomic E-state index is 14.2. The molecular formula is C26H27F6N7O3. The van der Waals surface area contributed by atoms with Crippen LogP contribution in [0.25, 0.3) is 0 Å². The number of ether oxygens (including phenoxy) is 1. The largest absolute Gasteiger partial charge is 0.532 e. The molecule has 0 radical (unpaired) electrons. The summed E-state index contributed by atoms with van der Waals surface area (Å²) < 4.78 is 86.8. The first-order chi connectivity index (χ1) is 19.6. The van der Waals surface area contributed by atoms with E-state index in [1.54, 1.807) is 11.9 Å². The van der Waals surface area contributed by atoms with Gasteiger partial charge in [0, 0.05) is 32.4 Å². The van der Waals surface area contributed by atoms with Crippen LogP contribution in [-0.2, 0) is 11.0 Å². The number of para-hydroxylation sites is 1. The monoisotopic (exact) mass is 599 g/mol. The number of alkyl halides is 5. The van der Waals surface area contributed by atoms with E-state index in [4.69, 9.17) is 5.11 Å². The number of rotatable bonds is 12. The Morgan fingerprint density at radius 2 is 1.74 bits per heavy atom. The molecule has 0 fully saturated rings. The van der Waals surface area contributed by atoms with Gasteiger partial charge >= 0.3 is 12.5 Å². The Balaban J connectivity index is 2.13. The number of aromatic nitrogens is 2. The number of nitrogens with zero attached hydrogens (tertiary/aromatic N) is 4. The average Bonchev–Trinajstić information content (AvgIpc) is 2.88.